The molecular formula is C11H15Cl2N3. The Morgan fingerprint density at radius 3 is 2.94 bits per heavy atom. The van der Waals surface area contributed by atoms with E-state index >= 15 is 0 Å². The van der Waals surface area contributed by atoms with E-state index in [4.69, 9.17) is 23.2 Å². The molecule has 1 saturated heterocycles. The van der Waals surface area contributed by atoms with Crippen molar-refractivity contribution in [3.63, 3.8) is 0 Å². The van der Waals surface area contributed by atoms with E-state index in [1.807, 2.05) is 0 Å². The lowest BCUT2D eigenvalue weighted by atomic mass is 10.2. The molecule has 0 radical (unpaired) electrons. The van der Waals surface area contributed by atoms with Crippen molar-refractivity contribution in [2.45, 2.75) is 19.4 Å². The monoisotopic (exact) mass is 259 g/mol. The molecule has 1 unspecified atom stereocenters. The zero-order chi connectivity index (χ0) is 11.5. The van der Waals surface area contributed by atoms with Crippen molar-refractivity contribution >= 4 is 29.0 Å². The van der Waals surface area contributed by atoms with Crippen molar-refractivity contribution in [3.05, 3.63) is 22.3 Å². The van der Waals surface area contributed by atoms with E-state index in [0.29, 0.717) is 16.1 Å². The van der Waals surface area contributed by atoms with Crippen LogP contribution in [-0.2, 0) is 0 Å². The van der Waals surface area contributed by atoms with Crippen LogP contribution >= 0.6 is 23.2 Å². The van der Waals surface area contributed by atoms with Crippen molar-refractivity contribution in [1.29, 1.82) is 0 Å². The fourth-order valence-electron chi connectivity index (χ4n) is 2.11. The minimum Gasteiger partial charge on any atom is -0.351 e. The van der Waals surface area contributed by atoms with E-state index in [-0.39, 0.29) is 0 Å². The van der Waals surface area contributed by atoms with Crippen LogP contribution in [0.15, 0.2) is 12.3 Å². The van der Waals surface area contributed by atoms with Gasteiger partial charge >= 0.3 is 0 Å². The first-order chi connectivity index (χ1) is 7.72. The topological polar surface area (TPSA) is 28.2 Å². The molecular weight excluding hydrogens is 245 g/mol. The molecule has 1 aromatic heterocycles. The molecule has 0 aromatic carbocycles. The molecule has 3 nitrogen and oxygen atoms in total. The maximum Gasteiger partial charge on any atom is 0.147 e. The molecule has 0 bridgehead atoms. The number of halogens is 2. The number of nitrogens with one attached hydrogen (secondary N) is 1. The highest BCUT2D eigenvalue weighted by molar-refractivity contribution is 6.36. The number of aromatic nitrogens is 1. The predicted molar refractivity (Wildman–Crippen MR) is 68.6 cm³/mol. The number of hydrogen-bond donors (Lipinski definition) is 1. The number of anilines is 1. The molecule has 1 aliphatic heterocycles. The van der Waals surface area contributed by atoms with Gasteiger partial charge in [-0.2, -0.15) is 0 Å². The summed E-state index contributed by atoms with van der Waals surface area (Å²) in [5.41, 5.74) is 0. The van der Waals surface area contributed by atoms with Crippen LogP contribution in [0.2, 0.25) is 10.0 Å². The number of nitrogens with zero attached hydrogens (tertiary/aromatic N) is 2. The Morgan fingerprint density at radius 1 is 1.56 bits per heavy atom. The zero-order valence-electron chi connectivity index (χ0n) is 9.21. The highest BCUT2D eigenvalue weighted by atomic mass is 35.5. The minimum atomic E-state index is 0.483. The second-order valence-electron chi connectivity index (χ2n) is 3.89. The van der Waals surface area contributed by atoms with Gasteiger partial charge in [-0.1, -0.05) is 23.2 Å². The van der Waals surface area contributed by atoms with E-state index < -0.39 is 0 Å². The van der Waals surface area contributed by atoms with Crippen LogP contribution in [0.4, 0.5) is 5.82 Å². The Morgan fingerprint density at radius 2 is 2.38 bits per heavy atom. The summed E-state index contributed by atoms with van der Waals surface area (Å²) in [4.78, 5) is 6.56. The van der Waals surface area contributed by atoms with Gasteiger partial charge in [-0.3, -0.25) is 0 Å². The standard InChI is InChI=1S/C11H15Cl2N3/c1-2-16(9-3-4-14-7-9)11-10(13)5-8(12)6-15-11/h5-6,9,14H,2-4,7H2,1H3. The third-order valence-electron chi connectivity index (χ3n) is 2.88. The lowest BCUT2D eigenvalue weighted by molar-refractivity contribution is 0.640. The second-order valence-corrected chi connectivity index (χ2v) is 4.74. The summed E-state index contributed by atoms with van der Waals surface area (Å²) in [5, 5.41) is 4.55. The van der Waals surface area contributed by atoms with Crippen LogP contribution in [0.25, 0.3) is 0 Å². The summed E-state index contributed by atoms with van der Waals surface area (Å²) in [6.45, 7) is 5.08. The summed E-state index contributed by atoms with van der Waals surface area (Å²) < 4.78 is 0. The number of likely N-dealkylation sites (N-methyl/N-ethyl adjacent to an activating group) is 1. The average molecular weight is 260 g/mol. The fourth-order valence-corrected chi connectivity index (χ4v) is 2.59. The Hall–Kier alpha value is -0.510. The molecule has 1 aliphatic rings. The van der Waals surface area contributed by atoms with Crippen molar-refractivity contribution in [2.24, 2.45) is 0 Å². The molecule has 1 atom stereocenters. The summed E-state index contributed by atoms with van der Waals surface area (Å²) in [5.74, 6) is 0.835. The van der Waals surface area contributed by atoms with E-state index in [2.05, 4.69) is 22.1 Å². The molecule has 5 heteroatoms. The Labute approximate surface area is 106 Å². The van der Waals surface area contributed by atoms with E-state index in [0.717, 1.165) is 31.9 Å². The first-order valence-electron chi connectivity index (χ1n) is 5.50. The maximum absolute atomic E-state index is 6.17. The van der Waals surface area contributed by atoms with Gasteiger partial charge in [0.25, 0.3) is 0 Å². The van der Waals surface area contributed by atoms with Crippen LogP contribution in [0.1, 0.15) is 13.3 Å². The number of pyridine rings is 1. The van der Waals surface area contributed by atoms with E-state index in [9.17, 15) is 0 Å². The minimum absolute atomic E-state index is 0.483. The van der Waals surface area contributed by atoms with Crippen molar-refractivity contribution in [1.82, 2.24) is 10.3 Å². The quantitative estimate of drug-likeness (QED) is 0.905. The zero-order valence-corrected chi connectivity index (χ0v) is 10.7. The predicted octanol–water partition coefficient (Wildman–Crippen LogP) is 2.58. The smallest absolute Gasteiger partial charge is 0.147 e. The van der Waals surface area contributed by atoms with Crippen LogP contribution in [0.3, 0.4) is 0 Å². The Balaban J connectivity index is 2.25. The molecule has 1 fully saturated rings. The van der Waals surface area contributed by atoms with Gasteiger partial charge in [0.05, 0.1) is 10.0 Å². The molecule has 2 heterocycles. The SMILES string of the molecule is CCN(c1ncc(Cl)cc1Cl)C1CCNC1. The first kappa shape index (κ1) is 12.0. The van der Waals surface area contributed by atoms with Crippen LogP contribution in [0.5, 0.6) is 0 Å². The maximum atomic E-state index is 6.17. The van der Waals surface area contributed by atoms with Gasteiger partial charge in [0.15, 0.2) is 0 Å². The van der Waals surface area contributed by atoms with Gasteiger partial charge < -0.3 is 10.2 Å². The molecule has 16 heavy (non-hydrogen) atoms. The summed E-state index contributed by atoms with van der Waals surface area (Å²) in [6.07, 6.45) is 2.78. The molecule has 0 aliphatic carbocycles. The molecule has 0 amide bonds. The molecule has 88 valence electrons. The second kappa shape index (κ2) is 5.21. The van der Waals surface area contributed by atoms with Gasteiger partial charge in [-0.25, -0.2) is 4.98 Å². The largest absolute Gasteiger partial charge is 0.351 e. The first-order valence-corrected chi connectivity index (χ1v) is 6.26. The number of rotatable bonds is 3. The van der Waals surface area contributed by atoms with Gasteiger partial charge in [0.2, 0.25) is 0 Å². The average Bonchev–Trinajstić information content (AvgIpc) is 2.75. The van der Waals surface area contributed by atoms with Crippen molar-refractivity contribution < 1.29 is 0 Å². The third kappa shape index (κ3) is 2.42. The molecule has 1 aromatic rings. The van der Waals surface area contributed by atoms with Crippen LogP contribution in [-0.4, -0.2) is 30.7 Å². The highest BCUT2D eigenvalue weighted by Crippen LogP contribution is 2.28. The summed E-state index contributed by atoms with van der Waals surface area (Å²) >= 11 is 12.0. The molecule has 0 spiro atoms. The molecule has 1 N–H and O–H groups in total. The van der Waals surface area contributed by atoms with Gasteiger partial charge in [-0.15, -0.1) is 0 Å². The molecule has 0 saturated carbocycles. The molecule has 2 rings (SSSR count). The van der Waals surface area contributed by atoms with Gasteiger partial charge in [-0.05, 0) is 26.0 Å². The fraction of sp³-hybridized carbons (Fsp3) is 0.545. The van der Waals surface area contributed by atoms with Gasteiger partial charge in [0.1, 0.15) is 5.82 Å². The van der Waals surface area contributed by atoms with Crippen molar-refractivity contribution in [2.75, 3.05) is 24.5 Å². The van der Waals surface area contributed by atoms with E-state index in [1.54, 1.807) is 12.3 Å². The normalized spacial score (nSPS) is 20.1. The summed E-state index contributed by atoms with van der Waals surface area (Å²) in [7, 11) is 0. The highest BCUT2D eigenvalue weighted by Gasteiger charge is 2.23. The Kier molecular flexibility index (Phi) is 3.90. The third-order valence-corrected chi connectivity index (χ3v) is 3.36. The van der Waals surface area contributed by atoms with Crippen LogP contribution in [0, 0.1) is 0 Å². The summed E-state index contributed by atoms with van der Waals surface area (Å²) in [6, 6.07) is 2.23. The Bertz CT molecular complexity index is 364. The lowest BCUT2D eigenvalue weighted by Gasteiger charge is -2.28. The lowest BCUT2D eigenvalue weighted by Crippen LogP contribution is -2.37. The van der Waals surface area contributed by atoms with Gasteiger partial charge in [0, 0.05) is 25.3 Å². The van der Waals surface area contributed by atoms with Crippen molar-refractivity contribution in [3.8, 4) is 0 Å². The van der Waals surface area contributed by atoms with E-state index in [1.165, 1.54) is 0 Å². The number of hydrogen-bond acceptors (Lipinski definition) is 3. The van der Waals surface area contributed by atoms with Crippen LogP contribution < -0.4 is 10.2 Å².